The van der Waals surface area contributed by atoms with E-state index in [9.17, 15) is 15.0 Å². The zero-order chi connectivity index (χ0) is 18.2. The number of anilines is 1. The third-order valence-corrected chi connectivity index (χ3v) is 7.13. The van der Waals surface area contributed by atoms with Gasteiger partial charge in [0.05, 0.1) is 29.9 Å². The van der Waals surface area contributed by atoms with Crippen LogP contribution in [0.25, 0.3) is 0 Å². The Kier molecular flexibility index (Phi) is 3.25. The minimum absolute atomic E-state index is 0.00283. The molecule has 3 aliphatic heterocycles. The molecule has 1 spiro atoms. The van der Waals surface area contributed by atoms with Gasteiger partial charge in [-0.2, -0.15) is 0 Å². The van der Waals surface area contributed by atoms with E-state index in [0.29, 0.717) is 11.3 Å². The Balaban J connectivity index is 1.79. The summed E-state index contributed by atoms with van der Waals surface area (Å²) in [7, 11) is 1.41. The number of phenolic OH excluding ortho intramolecular Hbond substituents is 1. The summed E-state index contributed by atoms with van der Waals surface area (Å²) in [5.74, 6) is -0.145. The van der Waals surface area contributed by atoms with E-state index < -0.39 is 6.10 Å². The first kappa shape index (κ1) is 16.1. The fourth-order valence-electron chi connectivity index (χ4n) is 6.03. The van der Waals surface area contributed by atoms with Crippen LogP contribution in [0.2, 0.25) is 0 Å². The molecule has 1 aromatic rings. The van der Waals surface area contributed by atoms with Gasteiger partial charge in [0, 0.05) is 30.1 Å². The number of methoxy groups -OCH3 is 1. The van der Waals surface area contributed by atoms with Gasteiger partial charge in [-0.25, -0.2) is 4.79 Å². The Morgan fingerprint density at radius 1 is 1.46 bits per heavy atom. The van der Waals surface area contributed by atoms with E-state index in [4.69, 9.17) is 4.74 Å². The minimum Gasteiger partial charge on any atom is -0.506 e. The van der Waals surface area contributed by atoms with Crippen molar-refractivity contribution in [2.24, 2.45) is 11.8 Å². The number of benzene rings is 1. The number of fused-ring (bicyclic) bond motifs is 2. The maximum Gasteiger partial charge on any atom is 0.335 e. The van der Waals surface area contributed by atoms with Gasteiger partial charge in [0.25, 0.3) is 0 Å². The number of rotatable bonds is 2. The van der Waals surface area contributed by atoms with E-state index in [2.05, 4.69) is 16.3 Å². The van der Waals surface area contributed by atoms with Gasteiger partial charge < -0.3 is 20.3 Å². The number of para-hydroxylation sites is 1. The van der Waals surface area contributed by atoms with E-state index >= 15 is 0 Å². The van der Waals surface area contributed by atoms with Gasteiger partial charge in [-0.05, 0) is 37.9 Å². The number of aliphatic hydroxyl groups excluding tert-OH is 1. The molecule has 1 aromatic carbocycles. The van der Waals surface area contributed by atoms with Gasteiger partial charge in [0.15, 0.2) is 0 Å². The van der Waals surface area contributed by atoms with Gasteiger partial charge in [-0.3, -0.25) is 4.90 Å². The molecule has 4 aliphatic rings. The number of carbonyl (C=O) groups is 1. The zero-order valence-electron chi connectivity index (χ0n) is 15.0. The summed E-state index contributed by atoms with van der Waals surface area (Å²) in [6.45, 7) is 3.52. The monoisotopic (exact) mass is 356 g/mol. The normalized spacial score (nSPS) is 35.6. The maximum atomic E-state index is 12.8. The molecule has 3 heterocycles. The highest BCUT2D eigenvalue weighted by Gasteiger charge is 2.63. The third-order valence-electron chi connectivity index (χ3n) is 7.13. The summed E-state index contributed by atoms with van der Waals surface area (Å²) in [6, 6.07) is 5.90. The van der Waals surface area contributed by atoms with E-state index in [1.54, 1.807) is 6.07 Å². The van der Waals surface area contributed by atoms with Crippen LogP contribution in [0.5, 0.6) is 5.75 Å². The quantitative estimate of drug-likeness (QED) is 0.551. The van der Waals surface area contributed by atoms with Crippen molar-refractivity contribution < 1.29 is 19.7 Å². The van der Waals surface area contributed by atoms with Crippen molar-refractivity contribution in [1.82, 2.24) is 4.90 Å². The lowest BCUT2D eigenvalue weighted by Crippen LogP contribution is -2.57. The SMILES string of the molecule is COC(=O)C1=C2Nc3c(O)cccc3[C@@]23CCN2C[C@@H](C(C)O)[C@@H]1CC23. The highest BCUT2D eigenvalue weighted by atomic mass is 16.5. The number of nitrogens with one attached hydrogen (secondary N) is 1. The van der Waals surface area contributed by atoms with Crippen molar-refractivity contribution in [3.05, 3.63) is 35.0 Å². The second-order valence-corrected chi connectivity index (χ2v) is 8.08. The summed E-state index contributed by atoms with van der Waals surface area (Å²) in [5.41, 5.74) is 3.04. The Bertz CT molecular complexity index is 833. The second-order valence-electron chi connectivity index (χ2n) is 8.08. The van der Waals surface area contributed by atoms with Gasteiger partial charge in [-0.1, -0.05) is 12.1 Å². The number of nitrogens with zero attached hydrogens (tertiary/aromatic N) is 1. The molecule has 3 N–H and O–H groups in total. The predicted octanol–water partition coefficient (Wildman–Crippen LogP) is 1.59. The first-order chi connectivity index (χ1) is 12.5. The van der Waals surface area contributed by atoms with Gasteiger partial charge in [-0.15, -0.1) is 0 Å². The van der Waals surface area contributed by atoms with Crippen LogP contribution in [-0.2, 0) is 14.9 Å². The lowest BCUT2D eigenvalue weighted by Gasteiger charge is -2.51. The number of piperidine rings is 1. The van der Waals surface area contributed by atoms with Crippen LogP contribution in [0.1, 0.15) is 25.3 Å². The average Bonchev–Trinajstić information content (AvgIpc) is 3.18. The molecule has 5 rings (SSSR count). The zero-order valence-corrected chi connectivity index (χ0v) is 15.0. The predicted molar refractivity (Wildman–Crippen MR) is 95.7 cm³/mol. The van der Waals surface area contributed by atoms with Crippen LogP contribution in [0, 0.1) is 11.8 Å². The molecule has 5 atom stereocenters. The maximum absolute atomic E-state index is 12.8. The van der Waals surface area contributed by atoms with Crippen molar-refractivity contribution in [2.45, 2.75) is 37.3 Å². The summed E-state index contributed by atoms with van der Waals surface area (Å²) < 4.78 is 5.16. The molecule has 138 valence electrons. The number of hydrogen-bond acceptors (Lipinski definition) is 6. The number of carbonyl (C=O) groups excluding carboxylic acids is 1. The lowest BCUT2D eigenvalue weighted by molar-refractivity contribution is -0.138. The molecule has 6 nitrogen and oxygen atoms in total. The average molecular weight is 356 g/mol. The van der Waals surface area contributed by atoms with Crippen LogP contribution in [0.4, 0.5) is 5.69 Å². The number of ether oxygens (including phenoxy) is 1. The highest BCUT2D eigenvalue weighted by Crippen LogP contribution is 2.62. The summed E-state index contributed by atoms with van der Waals surface area (Å²) in [6.07, 6.45) is 1.24. The first-order valence-corrected chi connectivity index (χ1v) is 9.33. The lowest BCUT2D eigenvalue weighted by atomic mass is 9.60. The fraction of sp³-hybridized carbons (Fsp3) is 0.550. The Labute approximate surface area is 152 Å². The van der Waals surface area contributed by atoms with Gasteiger partial charge in [0.2, 0.25) is 0 Å². The van der Waals surface area contributed by atoms with Crippen molar-refractivity contribution in [3.63, 3.8) is 0 Å². The smallest absolute Gasteiger partial charge is 0.335 e. The van der Waals surface area contributed by atoms with Crippen molar-refractivity contribution in [3.8, 4) is 5.75 Å². The largest absolute Gasteiger partial charge is 0.506 e. The van der Waals surface area contributed by atoms with E-state index in [-0.39, 0.29) is 35.0 Å². The number of phenols is 1. The van der Waals surface area contributed by atoms with E-state index in [1.807, 2.05) is 13.0 Å². The molecular weight excluding hydrogens is 332 g/mol. The molecule has 6 heteroatoms. The molecule has 2 bridgehead atoms. The molecule has 26 heavy (non-hydrogen) atoms. The third kappa shape index (κ3) is 1.76. The number of hydrogen-bond donors (Lipinski definition) is 3. The Morgan fingerprint density at radius 2 is 2.27 bits per heavy atom. The van der Waals surface area contributed by atoms with Gasteiger partial charge >= 0.3 is 5.97 Å². The summed E-state index contributed by atoms with van der Waals surface area (Å²) in [5, 5.41) is 24.2. The van der Waals surface area contributed by atoms with Gasteiger partial charge in [0.1, 0.15) is 5.75 Å². The van der Waals surface area contributed by atoms with Crippen LogP contribution in [-0.4, -0.2) is 53.4 Å². The fourth-order valence-corrected chi connectivity index (χ4v) is 6.03. The Morgan fingerprint density at radius 3 is 3.00 bits per heavy atom. The van der Waals surface area contributed by atoms with Crippen LogP contribution in [0.3, 0.4) is 0 Å². The first-order valence-electron chi connectivity index (χ1n) is 9.33. The molecular formula is C20H24N2O4. The molecule has 0 radical (unpaired) electrons. The molecule has 2 saturated heterocycles. The number of aliphatic hydroxyl groups is 1. The molecule has 0 aromatic heterocycles. The molecule has 2 unspecified atom stereocenters. The molecule has 0 amide bonds. The van der Waals surface area contributed by atoms with E-state index in [0.717, 1.165) is 37.2 Å². The Hall–Kier alpha value is -2.05. The van der Waals surface area contributed by atoms with Crippen LogP contribution in [0.15, 0.2) is 29.5 Å². The second kappa shape index (κ2) is 5.24. The van der Waals surface area contributed by atoms with Crippen molar-refractivity contribution >= 4 is 11.7 Å². The highest BCUT2D eigenvalue weighted by molar-refractivity contribution is 5.94. The number of esters is 1. The standard InChI is InChI=1S/C20H24N2O4/c1-10(23)12-9-22-7-6-20-13-4-3-5-14(24)17(13)21-18(20)16(19(25)26-2)11(12)8-15(20)22/h3-5,10-12,15,21,23-24H,6-9H2,1-2H3/t10?,11-,12-,15?,20+/m0/s1. The molecule has 0 saturated carbocycles. The summed E-state index contributed by atoms with van der Waals surface area (Å²) >= 11 is 0. The number of aromatic hydroxyl groups is 1. The topological polar surface area (TPSA) is 82.0 Å². The van der Waals surface area contributed by atoms with E-state index in [1.165, 1.54) is 7.11 Å². The molecule has 1 aliphatic carbocycles. The van der Waals surface area contributed by atoms with Crippen LogP contribution < -0.4 is 5.32 Å². The van der Waals surface area contributed by atoms with Crippen molar-refractivity contribution in [2.75, 3.05) is 25.5 Å². The summed E-state index contributed by atoms with van der Waals surface area (Å²) in [4.78, 5) is 15.3. The van der Waals surface area contributed by atoms with Crippen molar-refractivity contribution in [1.29, 1.82) is 0 Å². The molecule has 2 fully saturated rings. The minimum atomic E-state index is -0.494. The van der Waals surface area contributed by atoms with Crippen LogP contribution >= 0.6 is 0 Å².